The predicted molar refractivity (Wildman–Crippen MR) is 78.8 cm³/mol. The van der Waals surface area contributed by atoms with Crippen molar-refractivity contribution in [2.75, 3.05) is 26.1 Å². The summed E-state index contributed by atoms with van der Waals surface area (Å²) in [5, 5.41) is 6.52. The second kappa shape index (κ2) is 6.81. The fraction of sp³-hybridized carbons (Fsp3) is 0.500. The fourth-order valence-corrected chi connectivity index (χ4v) is 2.48. The van der Waals surface area contributed by atoms with Crippen LogP contribution in [0.4, 0.5) is 5.69 Å². The molecule has 1 fully saturated rings. The Morgan fingerprint density at radius 1 is 1.30 bits per heavy atom. The van der Waals surface area contributed by atoms with Crippen LogP contribution >= 0.6 is 11.6 Å². The summed E-state index contributed by atoms with van der Waals surface area (Å²) in [7, 11) is 3.06. The molecule has 0 spiro atoms. The minimum atomic E-state index is -0.157. The third-order valence-electron chi connectivity index (χ3n) is 3.36. The Bertz CT molecular complexity index is 488. The number of methoxy groups -OCH3 is 2. The minimum absolute atomic E-state index is 0.0626. The summed E-state index contributed by atoms with van der Waals surface area (Å²) in [6.07, 6.45) is 3.02. The number of anilines is 1. The molecule has 20 heavy (non-hydrogen) atoms. The molecule has 0 saturated carbocycles. The highest BCUT2D eigenvalue weighted by Crippen LogP contribution is 2.36. The fourth-order valence-electron chi connectivity index (χ4n) is 2.25. The van der Waals surface area contributed by atoms with Crippen molar-refractivity contribution < 1.29 is 14.3 Å². The topological polar surface area (TPSA) is 59.6 Å². The molecule has 1 saturated heterocycles. The predicted octanol–water partition coefficient (Wildman–Crippen LogP) is 2.44. The van der Waals surface area contributed by atoms with E-state index in [1.54, 1.807) is 12.1 Å². The molecular formula is C14H19ClN2O3. The standard InChI is InChI=1S/C14H19ClN2O3/c1-19-12-8-11(13(20-2)7-9(12)15)17-14(18)10-5-3-4-6-16-10/h7-8,10,16H,3-6H2,1-2H3,(H,17,18)/t10-/m1/s1. The third kappa shape index (κ3) is 3.35. The van der Waals surface area contributed by atoms with Crippen molar-refractivity contribution in [2.24, 2.45) is 0 Å². The van der Waals surface area contributed by atoms with E-state index < -0.39 is 0 Å². The molecule has 1 aliphatic rings. The van der Waals surface area contributed by atoms with Gasteiger partial charge in [0.15, 0.2) is 0 Å². The molecule has 0 aliphatic carbocycles. The van der Waals surface area contributed by atoms with Gasteiger partial charge in [0.1, 0.15) is 11.5 Å². The van der Waals surface area contributed by atoms with Gasteiger partial charge >= 0.3 is 0 Å². The Morgan fingerprint density at radius 3 is 2.65 bits per heavy atom. The molecule has 110 valence electrons. The Kier molecular flexibility index (Phi) is 5.09. The quantitative estimate of drug-likeness (QED) is 0.896. The Labute approximate surface area is 123 Å². The first-order valence-corrected chi connectivity index (χ1v) is 6.99. The van der Waals surface area contributed by atoms with Gasteiger partial charge in [0.25, 0.3) is 0 Å². The van der Waals surface area contributed by atoms with Crippen molar-refractivity contribution in [2.45, 2.75) is 25.3 Å². The van der Waals surface area contributed by atoms with Crippen molar-refractivity contribution in [1.82, 2.24) is 5.32 Å². The van der Waals surface area contributed by atoms with E-state index >= 15 is 0 Å². The average Bonchev–Trinajstić information content (AvgIpc) is 2.49. The van der Waals surface area contributed by atoms with E-state index in [0.717, 1.165) is 25.8 Å². The van der Waals surface area contributed by atoms with Crippen LogP contribution in [0.15, 0.2) is 12.1 Å². The molecular weight excluding hydrogens is 280 g/mol. The largest absolute Gasteiger partial charge is 0.495 e. The van der Waals surface area contributed by atoms with Crippen molar-refractivity contribution in [1.29, 1.82) is 0 Å². The van der Waals surface area contributed by atoms with E-state index in [2.05, 4.69) is 10.6 Å². The summed E-state index contributed by atoms with van der Waals surface area (Å²) in [6, 6.07) is 3.14. The number of rotatable bonds is 4. The zero-order chi connectivity index (χ0) is 14.5. The summed E-state index contributed by atoms with van der Waals surface area (Å²) in [4.78, 5) is 12.2. The molecule has 5 nitrogen and oxygen atoms in total. The average molecular weight is 299 g/mol. The summed E-state index contributed by atoms with van der Waals surface area (Å²) >= 11 is 6.04. The van der Waals surface area contributed by atoms with Crippen molar-refractivity contribution >= 4 is 23.2 Å². The molecule has 0 bridgehead atoms. The van der Waals surface area contributed by atoms with E-state index in [1.807, 2.05) is 0 Å². The van der Waals surface area contributed by atoms with E-state index in [1.165, 1.54) is 14.2 Å². The zero-order valence-electron chi connectivity index (χ0n) is 11.7. The minimum Gasteiger partial charge on any atom is -0.495 e. The molecule has 6 heteroatoms. The van der Waals surface area contributed by atoms with E-state index in [9.17, 15) is 4.79 Å². The molecule has 0 aromatic heterocycles. The second-order valence-electron chi connectivity index (χ2n) is 4.68. The van der Waals surface area contributed by atoms with Crippen molar-refractivity contribution in [3.05, 3.63) is 17.2 Å². The van der Waals surface area contributed by atoms with Crippen LogP contribution in [0.1, 0.15) is 19.3 Å². The lowest BCUT2D eigenvalue weighted by atomic mass is 10.0. The molecule has 2 N–H and O–H groups in total. The number of ether oxygens (including phenoxy) is 2. The lowest BCUT2D eigenvalue weighted by Crippen LogP contribution is -2.43. The Morgan fingerprint density at radius 2 is 2.05 bits per heavy atom. The smallest absolute Gasteiger partial charge is 0.241 e. The Hall–Kier alpha value is -1.46. The van der Waals surface area contributed by atoms with Crippen LogP contribution in [-0.2, 0) is 4.79 Å². The van der Waals surface area contributed by atoms with E-state index in [4.69, 9.17) is 21.1 Å². The molecule has 1 aliphatic heterocycles. The first-order valence-electron chi connectivity index (χ1n) is 6.61. The van der Waals surface area contributed by atoms with Crippen LogP contribution in [0.5, 0.6) is 11.5 Å². The highest BCUT2D eigenvalue weighted by molar-refractivity contribution is 6.32. The van der Waals surface area contributed by atoms with Gasteiger partial charge in [-0.3, -0.25) is 4.79 Å². The summed E-state index contributed by atoms with van der Waals surface area (Å²) in [6.45, 7) is 0.874. The highest BCUT2D eigenvalue weighted by atomic mass is 35.5. The molecule has 2 rings (SSSR count). The van der Waals surface area contributed by atoms with Gasteiger partial charge in [-0.2, -0.15) is 0 Å². The maximum Gasteiger partial charge on any atom is 0.241 e. The second-order valence-corrected chi connectivity index (χ2v) is 5.09. The van der Waals surface area contributed by atoms with Crippen LogP contribution in [-0.4, -0.2) is 32.7 Å². The van der Waals surface area contributed by atoms with Gasteiger partial charge in [0.05, 0.1) is 31.0 Å². The van der Waals surface area contributed by atoms with E-state index in [-0.39, 0.29) is 11.9 Å². The van der Waals surface area contributed by atoms with Gasteiger partial charge in [-0.15, -0.1) is 0 Å². The summed E-state index contributed by atoms with van der Waals surface area (Å²) in [5.41, 5.74) is 0.561. The van der Waals surface area contributed by atoms with Crippen LogP contribution in [0.2, 0.25) is 5.02 Å². The van der Waals surface area contributed by atoms with Gasteiger partial charge in [-0.05, 0) is 19.4 Å². The van der Waals surface area contributed by atoms with Gasteiger partial charge in [-0.25, -0.2) is 0 Å². The number of piperidine rings is 1. The SMILES string of the molecule is COc1cc(NC(=O)[C@H]2CCCCN2)c(OC)cc1Cl. The first-order chi connectivity index (χ1) is 9.65. The number of carbonyl (C=O) groups is 1. The lowest BCUT2D eigenvalue weighted by molar-refractivity contribution is -0.118. The molecule has 1 atom stereocenters. The zero-order valence-corrected chi connectivity index (χ0v) is 12.4. The van der Waals surface area contributed by atoms with Crippen LogP contribution in [0.3, 0.4) is 0 Å². The van der Waals surface area contributed by atoms with Gasteiger partial charge < -0.3 is 20.1 Å². The van der Waals surface area contributed by atoms with Gasteiger partial charge in [-0.1, -0.05) is 18.0 Å². The van der Waals surface area contributed by atoms with Gasteiger partial charge in [0, 0.05) is 12.1 Å². The number of carbonyl (C=O) groups excluding carboxylic acids is 1. The van der Waals surface area contributed by atoms with Crippen LogP contribution in [0, 0.1) is 0 Å². The highest BCUT2D eigenvalue weighted by Gasteiger charge is 2.22. The summed E-state index contributed by atoms with van der Waals surface area (Å²) < 4.78 is 10.4. The van der Waals surface area contributed by atoms with E-state index in [0.29, 0.717) is 22.2 Å². The number of benzene rings is 1. The molecule has 1 aromatic rings. The number of nitrogens with one attached hydrogen (secondary N) is 2. The number of hydrogen-bond acceptors (Lipinski definition) is 4. The molecule has 0 radical (unpaired) electrons. The van der Waals surface area contributed by atoms with Gasteiger partial charge in [0.2, 0.25) is 5.91 Å². The molecule has 1 amide bonds. The monoisotopic (exact) mass is 298 g/mol. The van der Waals surface area contributed by atoms with Crippen molar-refractivity contribution in [3.63, 3.8) is 0 Å². The van der Waals surface area contributed by atoms with Crippen LogP contribution < -0.4 is 20.1 Å². The Balaban J connectivity index is 2.16. The number of halogens is 1. The molecule has 1 aromatic carbocycles. The maximum absolute atomic E-state index is 12.2. The van der Waals surface area contributed by atoms with Crippen molar-refractivity contribution in [3.8, 4) is 11.5 Å². The molecule has 1 heterocycles. The van der Waals surface area contributed by atoms with Crippen LogP contribution in [0.25, 0.3) is 0 Å². The lowest BCUT2D eigenvalue weighted by Gasteiger charge is -2.23. The summed E-state index contributed by atoms with van der Waals surface area (Å²) in [5.74, 6) is 0.951. The third-order valence-corrected chi connectivity index (χ3v) is 3.65. The number of amides is 1. The number of hydrogen-bond donors (Lipinski definition) is 2. The normalized spacial score (nSPS) is 18.4. The molecule has 0 unspecified atom stereocenters. The first kappa shape index (κ1) is 14.9. The maximum atomic E-state index is 12.2.